The van der Waals surface area contributed by atoms with Gasteiger partial charge in [0.05, 0.1) is 13.3 Å². The molecule has 0 fully saturated rings. The lowest BCUT2D eigenvalue weighted by molar-refractivity contribution is 0.414. The first-order valence-electron chi connectivity index (χ1n) is 5.96. The van der Waals surface area contributed by atoms with Crippen molar-refractivity contribution in [3.05, 3.63) is 48.3 Å². The van der Waals surface area contributed by atoms with Crippen molar-refractivity contribution in [1.29, 1.82) is 0 Å². The van der Waals surface area contributed by atoms with Gasteiger partial charge in [0.25, 0.3) is 0 Å². The summed E-state index contributed by atoms with van der Waals surface area (Å²) in [6.45, 7) is 0. The van der Waals surface area contributed by atoms with Gasteiger partial charge in [-0.3, -0.25) is 5.43 Å². The van der Waals surface area contributed by atoms with Crippen LogP contribution in [0, 0.1) is 0 Å². The third-order valence-corrected chi connectivity index (χ3v) is 2.68. The molecule has 0 aliphatic rings. The molecule has 100 valence electrons. The van der Waals surface area contributed by atoms with Gasteiger partial charge >= 0.3 is 0 Å². The third-order valence-electron chi connectivity index (χ3n) is 2.68. The number of hydrogen-bond acceptors (Lipinski definition) is 6. The first kappa shape index (κ1) is 12.1. The maximum absolute atomic E-state index is 5.24. The predicted octanol–water partition coefficient (Wildman–Crippen LogP) is 1.58. The molecule has 20 heavy (non-hydrogen) atoms. The average Bonchev–Trinajstić information content (AvgIpc) is 2.95. The van der Waals surface area contributed by atoms with Crippen LogP contribution in [-0.4, -0.2) is 33.1 Å². The van der Waals surface area contributed by atoms with Crippen LogP contribution in [0.2, 0.25) is 0 Å². The van der Waals surface area contributed by atoms with Gasteiger partial charge in [0.2, 0.25) is 0 Å². The number of nitrogens with one attached hydrogen (secondary N) is 1. The molecule has 0 amide bonds. The highest BCUT2D eigenvalue weighted by Gasteiger charge is 1.99. The zero-order valence-corrected chi connectivity index (χ0v) is 10.8. The van der Waals surface area contributed by atoms with Crippen LogP contribution in [0.25, 0.3) is 5.65 Å². The van der Waals surface area contributed by atoms with Crippen molar-refractivity contribution in [3.63, 3.8) is 0 Å². The normalized spacial score (nSPS) is 11.1. The largest absolute Gasteiger partial charge is 0.496 e. The van der Waals surface area contributed by atoms with Gasteiger partial charge in [-0.25, -0.2) is 0 Å². The molecule has 7 heteroatoms. The zero-order chi connectivity index (χ0) is 13.8. The molecule has 0 spiro atoms. The maximum atomic E-state index is 5.24. The van der Waals surface area contributed by atoms with E-state index in [1.54, 1.807) is 30.0 Å². The van der Waals surface area contributed by atoms with Crippen molar-refractivity contribution in [1.82, 2.24) is 19.8 Å². The molecule has 0 bridgehead atoms. The van der Waals surface area contributed by atoms with Gasteiger partial charge in [0, 0.05) is 5.56 Å². The minimum absolute atomic E-state index is 0.600. The Balaban J connectivity index is 1.76. The minimum Gasteiger partial charge on any atom is -0.496 e. The topological polar surface area (TPSA) is 76.7 Å². The summed E-state index contributed by atoms with van der Waals surface area (Å²) >= 11 is 0. The second kappa shape index (κ2) is 5.35. The van der Waals surface area contributed by atoms with E-state index in [0.717, 1.165) is 11.3 Å². The van der Waals surface area contributed by atoms with Crippen LogP contribution in [0.5, 0.6) is 5.75 Å². The second-order valence-electron chi connectivity index (χ2n) is 3.96. The van der Waals surface area contributed by atoms with Crippen molar-refractivity contribution < 1.29 is 4.74 Å². The molecular weight excluding hydrogens is 256 g/mol. The number of aromatic nitrogens is 4. The number of anilines is 1. The van der Waals surface area contributed by atoms with Gasteiger partial charge in [-0.05, 0) is 24.3 Å². The van der Waals surface area contributed by atoms with Crippen LogP contribution >= 0.6 is 0 Å². The number of rotatable bonds is 4. The molecule has 0 atom stereocenters. The standard InChI is InChI=1S/C13H12N6O/c1-20-11-5-3-2-4-10(11)8-14-16-12-6-7-13-17-15-9-19(13)18-12/h2-9H,1H3,(H,16,18)/b14-8+. The highest BCUT2D eigenvalue weighted by molar-refractivity contribution is 5.83. The van der Waals surface area contributed by atoms with E-state index in [-0.39, 0.29) is 0 Å². The summed E-state index contributed by atoms with van der Waals surface area (Å²) in [4.78, 5) is 0. The Morgan fingerprint density at radius 3 is 3.05 bits per heavy atom. The maximum Gasteiger partial charge on any atom is 0.177 e. The first-order valence-corrected chi connectivity index (χ1v) is 5.96. The Hall–Kier alpha value is -2.96. The van der Waals surface area contributed by atoms with E-state index >= 15 is 0 Å². The van der Waals surface area contributed by atoms with Crippen molar-refractivity contribution in [2.75, 3.05) is 12.5 Å². The summed E-state index contributed by atoms with van der Waals surface area (Å²) in [7, 11) is 1.63. The molecular formula is C13H12N6O. The third kappa shape index (κ3) is 2.41. The summed E-state index contributed by atoms with van der Waals surface area (Å²) in [5.41, 5.74) is 4.42. The lowest BCUT2D eigenvalue weighted by atomic mass is 10.2. The Morgan fingerprint density at radius 2 is 2.15 bits per heavy atom. The van der Waals surface area contributed by atoms with Crippen LogP contribution in [0.3, 0.4) is 0 Å². The SMILES string of the molecule is COc1ccccc1/C=N/Nc1ccc2nncn2n1. The highest BCUT2D eigenvalue weighted by atomic mass is 16.5. The molecule has 0 unspecified atom stereocenters. The smallest absolute Gasteiger partial charge is 0.177 e. The van der Waals surface area contributed by atoms with Crippen molar-refractivity contribution in [2.24, 2.45) is 5.10 Å². The lowest BCUT2D eigenvalue weighted by Crippen LogP contribution is -1.98. The number of hydrazone groups is 1. The van der Waals surface area contributed by atoms with Gasteiger partial charge in [-0.1, -0.05) is 12.1 Å². The van der Waals surface area contributed by atoms with E-state index in [4.69, 9.17) is 4.74 Å². The molecule has 3 aromatic rings. The van der Waals surface area contributed by atoms with Crippen LogP contribution in [0.1, 0.15) is 5.56 Å². The average molecular weight is 268 g/mol. The van der Waals surface area contributed by atoms with Crippen molar-refractivity contribution in [3.8, 4) is 5.75 Å². The summed E-state index contributed by atoms with van der Waals surface area (Å²) in [5.74, 6) is 1.36. The molecule has 0 saturated heterocycles. The van der Waals surface area contributed by atoms with Gasteiger partial charge < -0.3 is 4.74 Å². The van der Waals surface area contributed by atoms with E-state index in [0.29, 0.717) is 11.5 Å². The van der Waals surface area contributed by atoms with Crippen molar-refractivity contribution in [2.45, 2.75) is 0 Å². The van der Waals surface area contributed by atoms with Crippen LogP contribution in [-0.2, 0) is 0 Å². The lowest BCUT2D eigenvalue weighted by Gasteiger charge is -2.03. The quantitative estimate of drug-likeness (QED) is 0.574. The molecule has 7 nitrogen and oxygen atoms in total. The first-order chi connectivity index (χ1) is 9.86. The second-order valence-corrected chi connectivity index (χ2v) is 3.96. The van der Waals surface area contributed by atoms with Crippen LogP contribution in [0.4, 0.5) is 5.82 Å². The zero-order valence-electron chi connectivity index (χ0n) is 10.8. The fourth-order valence-electron chi connectivity index (χ4n) is 1.73. The molecule has 0 aliphatic carbocycles. The van der Waals surface area contributed by atoms with E-state index in [1.807, 2.05) is 24.3 Å². The Bertz CT molecular complexity index is 751. The Kier molecular flexibility index (Phi) is 3.24. The molecule has 1 aromatic carbocycles. The summed E-state index contributed by atoms with van der Waals surface area (Å²) in [6, 6.07) is 11.2. The van der Waals surface area contributed by atoms with E-state index in [9.17, 15) is 0 Å². The van der Waals surface area contributed by atoms with Gasteiger partial charge in [0.15, 0.2) is 11.5 Å². The fraction of sp³-hybridized carbons (Fsp3) is 0.0769. The summed E-state index contributed by atoms with van der Waals surface area (Å²) in [6.07, 6.45) is 3.21. The number of methoxy groups -OCH3 is 1. The van der Waals surface area contributed by atoms with Crippen molar-refractivity contribution >= 4 is 17.7 Å². The molecule has 1 N–H and O–H groups in total. The van der Waals surface area contributed by atoms with Crippen LogP contribution < -0.4 is 10.2 Å². The predicted molar refractivity (Wildman–Crippen MR) is 75.0 cm³/mol. The number of nitrogens with zero attached hydrogens (tertiary/aromatic N) is 5. The Morgan fingerprint density at radius 1 is 1.25 bits per heavy atom. The van der Waals surface area contributed by atoms with E-state index in [2.05, 4.69) is 25.8 Å². The number of para-hydroxylation sites is 1. The number of ether oxygens (including phenoxy) is 1. The number of fused-ring (bicyclic) bond motifs is 1. The van der Waals surface area contributed by atoms with Crippen LogP contribution in [0.15, 0.2) is 47.8 Å². The number of hydrogen-bond donors (Lipinski definition) is 1. The molecule has 2 heterocycles. The van der Waals surface area contributed by atoms with Gasteiger partial charge in [-0.2, -0.15) is 9.62 Å². The fourth-order valence-corrected chi connectivity index (χ4v) is 1.73. The number of benzene rings is 1. The summed E-state index contributed by atoms with van der Waals surface area (Å²) in [5, 5.41) is 16.0. The molecule has 0 aliphatic heterocycles. The molecule has 0 saturated carbocycles. The molecule has 3 rings (SSSR count). The molecule has 0 radical (unpaired) electrons. The summed E-state index contributed by atoms with van der Waals surface area (Å²) < 4.78 is 6.81. The van der Waals surface area contributed by atoms with Gasteiger partial charge in [0.1, 0.15) is 12.1 Å². The van der Waals surface area contributed by atoms with E-state index in [1.165, 1.54) is 6.33 Å². The Labute approximate surface area is 114 Å². The molecule has 2 aromatic heterocycles. The minimum atomic E-state index is 0.600. The monoisotopic (exact) mass is 268 g/mol. The highest BCUT2D eigenvalue weighted by Crippen LogP contribution is 2.14. The van der Waals surface area contributed by atoms with E-state index < -0.39 is 0 Å². The van der Waals surface area contributed by atoms with Gasteiger partial charge in [-0.15, -0.1) is 15.3 Å².